The number of oxime groups is 1. The third-order valence-electron chi connectivity index (χ3n) is 5.14. The smallest absolute Gasteiger partial charge is 0.255 e. The number of amides is 2. The molecule has 1 heterocycles. The van der Waals surface area contributed by atoms with Crippen molar-refractivity contribution in [1.29, 1.82) is 0 Å². The largest absolute Gasteiger partial charge is 0.493 e. The molecule has 0 fully saturated rings. The fraction of sp³-hybridized carbons (Fsp3) is 0.318. The molecule has 30 heavy (non-hydrogen) atoms. The zero-order valence-electron chi connectivity index (χ0n) is 17.2. The minimum Gasteiger partial charge on any atom is -0.493 e. The Bertz CT molecular complexity index is 988. The fourth-order valence-corrected chi connectivity index (χ4v) is 3.81. The topological polar surface area (TPSA) is 114 Å². The van der Waals surface area contributed by atoms with Crippen molar-refractivity contribution in [1.82, 2.24) is 4.90 Å². The number of hydrogen-bond acceptors (Lipinski definition) is 6. The molecule has 8 nitrogen and oxygen atoms in total. The van der Waals surface area contributed by atoms with Crippen molar-refractivity contribution in [2.45, 2.75) is 32.4 Å². The number of carbonyl (C=O) groups is 2. The van der Waals surface area contributed by atoms with Gasteiger partial charge in [0.1, 0.15) is 6.04 Å². The maximum Gasteiger partial charge on any atom is 0.255 e. The van der Waals surface area contributed by atoms with Gasteiger partial charge in [-0.25, -0.2) is 0 Å². The lowest BCUT2D eigenvalue weighted by molar-refractivity contribution is -0.123. The quantitative estimate of drug-likeness (QED) is 0.394. The van der Waals surface area contributed by atoms with Gasteiger partial charge in [-0.3, -0.25) is 9.59 Å². The third-order valence-corrected chi connectivity index (χ3v) is 5.14. The van der Waals surface area contributed by atoms with Crippen LogP contribution in [0.2, 0.25) is 0 Å². The number of methoxy groups -OCH3 is 1. The molecule has 2 aromatic carbocycles. The first kappa shape index (κ1) is 21.2. The minimum absolute atomic E-state index is 0.206. The summed E-state index contributed by atoms with van der Waals surface area (Å²) < 4.78 is 11.0. The van der Waals surface area contributed by atoms with E-state index in [1.54, 1.807) is 56.5 Å². The summed E-state index contributed by atoms with van der Waals surface area (Å²) in [6.45, 7) is 3.93. The third kappa shape index (κ3) is 3.80. The number of carbonyl (C=O) groups excluding carboxylic acids is 2. The van der Waals surface area contributed by atoms with E-state index >= 15 is 0 Å². The Labute approximate surface area is 174 Å². The Balaban J connectivity index is 2.14. The molecule has 2 unspecified atom stereocenters. The molecule has 2 amide bonds. The molecule has 1 aliphatic heterocycles. The van der Waals surface area contributed by atoms with E-state index in [1.807, 2.05) is 6.92 Å². The van der Waals surface area contributed by atoms with Crippen LogP contribution < -0.4 is 15.2 Å². The molecule has 0 saturated heterocycles. The summed E-state index contributed by atoms with van der Waals surface area (Å²) >= 11 is 0. The molecule has 3 N–H and O–H groups in total. The Hall–Kier alpha value is -3.55. The molecule has 1 aliphatic rings. The van der Waals surface area contributed by atoms with Gasteiger partial charge in [0.15, 0.2) is 11.5 Å². The van der Waals surface area contributed by atoms with Gasteiger partial charge >= 0.3 is 0 Å². The molecule has 8 heteroatoms. The Morgan fingerprint density at radius 3 is 2.63 bits per heavy atom. The van der Waals surface area contributed by atoms with Gasteiger partial charge < -0.3 is 25.3 Å². The highest BCUT2D eigenvalue weighted by atomic mass is 16.5. The van der Waals surface area contributed by atoms with E-state index in [4.69, 9.17) is 15.2 Å². The number of nitrogens with two attached hydrogens (primary N) is 1. The van der Waals surface area contributed by atoms with Gasteiger partial charge in [0.05, 0.1) is 25.5 Å². The molecule has 0 spiro atoms. The van der Waals surface area contributed by atoms with Crippen LogP contribution in [0.3, 0.4) is 0 Å². The molecule has 0 bridgehead atoms. The lowest BCUT2D eigenvalue weighted by atomic mass is 9.97. The van der Waals surface area contributed by atoms with Crippen molar-refractivity contribution in [2.75, 3.05) is 13.7 Å². The Morgan fingerprint density at radius 1 is 1.27 bits per heavy atom. The van der Waals surface area contributed by atoms with Crippen molar-refractivity contribution in [3.63, 3.8) is 0 Å². The fourth-order valence-electron chi connectivity index (χ4n) is 3.81. The molecule has 0 radical (unpaired) electrons. The molecule has 0 saturated carbocycles. The first-order chi connectivity index (χ1) is 14.4. The molecular weight excluding hydrogens is 386 g/mol. The van der Waals surface area contributed by atoms with Crippen molar-refractivity contribution >= 4 is 17.5 Å². The number of primary amides is 1. The predicted molar refractivity (Wildman–Crippen MR) is 111 cm³/mol. The SMILES string of the molecule is CCOc1cc(C(CC(C)=NO)N2C(=O)c3ccccc3C2C(N)=O)ccc1OC. The van der Waals surface area contributed by atoms with Crippen LogP contribution in [-0.4, -0.2) is 41.3 Å². The van der Waals surface area contributed by atoms with E-state index in [2.05, 4.69) is 5.16 Å². The molecule has 2 aromatic rings. The second-order valence-electron chi connectivity index (χ2n) is 7.00. The summed E-state index contributed by atoms with van der Waals surface area (Å²) in [5, 5.41) is 12.5. The maximum atomic E-state index is 13.3. The van der Waals surface area contributed by atoms with Gasteiger partial charge in [-0.05, 0) is 43.2 Å². The monoisotopic (exact) mass is 411 g/mol. The number of hydrogen-bond donors (Lipinski definition) is 2. The van der Waals surface area contributed by atoms with Gasteiger partial charge in [-0.1, -0.05) is 29.4 Å². The van der Waals surface area contributed by atoms with E-state index in [0.717, 1.165) is 0 Å². The highest BCUT2D eigenvalue weighted by Crippen LogP contribution is 2.42. The molecule has 0 aromatic heterocycles. The highest BCUT2D eigenvalue weighted by molar-refractivity contribution is 6.05. The summed E-state index contributed by atoms with van der Waals surface area (Å²) in [4.78, 5) is 27.1. The van der Waals surface area contributed by atoms with Crippen LogP contribution in [0, 0.1) is 0 Å². The van der Waals surface area contributed by atoms with Gasteiger partial charge in [0.2, 0.25) is 5.91 Å². The first-order valence-electron chi connectivity index (χ1n) is 9.62. The zero-order valence-corrected chi connectivity index (χ0v) is 17.2. The average Bonchev–Trinajstić information content (AvgIpc) is 3.04. The summed E-state index contributed by atoms with van der Waals surface area (Å²) in [5.41, 5.74) is 7.82. The molecule has 2 atom stereocenters. The van der Waals surface area contributed by atoms with E-state index in [1.165, 1.54) is 4.90 Å². The van der Waals surface area contributed by atoms with Gasteiger partial charge in [-0.15, -0.1) is 0 Å². The lowest BCUT2D eigenvalue weighted by Gasteiger charge is -2.32. The Morgan fingerprint density at radius 2 is 2.00 bits per heavy atom. The van der Waals surface area contributed by atoms with Crippen LogP contribution in [0.5, 0.6) is 11.5 Å². The van der Waals surface area contributed by atoms with Crippen LogP contribution >= 0.6 is 0 Å². The van der Waals surface area contributed by atoms with E-state index in [-0.39, 0.29) is 12.3 Å². The number of rotatable bonds is 8. The van der Waals surface area contributed by atoms with E-state index in [0.29, 0.717) is 40.5 Å². The number of nitrogens with zero attached hydrogens (tertiary/aromatic N) is 2. The molecule has 3 rings (SSSR count). The molecular formula is C22H25N3O5. The van der Waals surface area contributed by atoms with Crippen molar-refractivity contribution in [3.05, 3.63) is 59.2 Å². The van der Waals surface area contributed by atoms with Crippen LogP contribution in [0.1, 0.15) is 53.8 Å². The minimum atomic E-state index is -0.928. The van der Waals surface area contributed by atoms with Crippen molar-refractivity contribution < 1.29 is 24.3 Å². The highest BCUT2D eigenvalue weighted by Gasteiger charge is 2.44. The number of ether oxygens (including phenoxy) is 2. The summed E-state index contributed by atoms with van der Waals surface area (Å²) in [5.74, 6) is 0.129. The van der Waals surface area contributed by atoms with Crippen LogP contribution in [0.25, 0.3) is 0 Å². The normalized spacial score (nSPS) is 16.9. The first-order valence-corrected chi connectivity index (χ1v) is 9.62. The van der Waals surface area contributed by atoms with Crippen LogP contribution in [0.4, 0.5) is 0 Å². The van der Waals surface area contributed by atoms with Crippen molar-refractivity contribution in [3.8, 4) is 11.5 Å². The summed E-state index contributed by atoms with van der Waals surface area (Å²) in [6, 6.07) is 10.7. The zero-order chi connectivity index (χ0) is 21.8. The van der Waals surface area contributed by atoms with E-state index in [9.17, 15) is 14.8 Å². The lowest BCUT2D eigenvalue weighted by Crippen LogP contribution is -2.39. The molecule has 0 aliphatic carbocycles. The van der Waals surface area contributed by atoms with Crippen molar-refractivity contribution in [2.24, 2.45) is 10.9 Å². The standard InChI is InChI=1S/C22H25N3O5/c1-4-30-19-12-14(9-10-18(19)29-3)17(11-13(2)24-28)25-20(21(23)26)15-7-5-6-8-16(15)22(25)27/h5-10,12,17,20,28H,4,11H2,1-3H3,(H2,23,26). The Kier molecular flexibility index (Phi) is 6.25. The number of benzene rings is 2. The summed E-state index contributed by atoms with van der Waals surface area (Å²) in [6.07, 6.45) is 0.206. The van der Waals surface area contributed by atoms with Gasteiger partial charge in [0, 0.05) is 12.0 Å². The summed E-state index contributed by atoms with van der Waals surface area (Å²) in [7, 11) is 1.54. The van der Waals surface area contributed by atoms with Gasteiger partial charge in [-0.2, -0.15) is 0 Å². The maximum absolute atomic E-state index is 13.3. The van der Waals surface area contributed by atoms with Gasteiger partial charge in [0.25, 0.3) is 5.91 Å². The number of fused-ring (bicyclic) bond motifs is 1. The second-order valence-corrected chi connectivity index (χ2v) is 7.00. The average molecular weight is 411 g/mol. The van der Waals surface area contributed by atoms with E-state index < -0.39 is 18.0 Å². The predicted octanol–water partition coefficient (Wildman–Crippen LogP) is 3.06. The van der Waals surface area contributed by atoms with Crippen LogP contribution in [0.15, 0.2) is 47.6 Å². The molecule has 158 valence electrons. The van der Waals surface area contributed by atoms with Crippen LogP contribution in [-0.2, 0) is 4.79 Å². The second kappa shape index (κ2) is 8.86.